The summed E-state index contributed by atoms with van der Waals surface area (Å²) in [7, 11) is 5.93. The predicted molar refractivity (Wildman–Crippen MR) is 78.4 cm³/mol. The summed E-state index contributed by atoms with van der Waals surface area (Å²) < 4.78 is 5.30. The fourth-order valence-corrected chi connectivity index (χ4v) is 2.55. The molecule has 1 atom stereocenters. The lowest BCUT2D eigenvalue weighted by Gasteiger charge is -2.35. The average molecular weight is 263 g/mol. The molecular weight excluding hydrogens is 238 g/mol. The molecule has 0 aromatic heterocycles. The molecule has 1 aliphatic rings. The van der Waals surface area contributed by atoms with Crippen molar-refractivity contribution in [2.45, 2.75) is 31.0 Å². The molecule has 0 spiro atoms. The van der Waals surface area contributed by atoms with Crippen LogP contribution in [0.25, 0.3) is 0 Å². The lowest BCUT2D eigenvalue weighted by Crippen LogP contribution is -2.50. The number of nitrogens with two attached hydrogens (primary N) is 1. The van der Waals surface area contributed by atoms with Gasteiger partial charge in [-0.05, 0) is 44.6 Å². The monoisotopic (exact) mass is 263 g/mol. The highest BCUT2D eigenvalue weighted by Gasteiger charge is 2.26. The van der Waals surface area contributed by atoms with Crippen LogP contribution in [0.5, 0.6) is 5.75 Å². The maximum atomic E-state index is 5.82. The first-order valence-corrected chi connectivity index (χ1v) is 6.89. The topological polar surface area (TPSA) is 50.5 Å². The minimum Gasteiger partial charge on any atom is -0.497 e. The van der Waals surface area contributed by atoms with Gasteiger partial charge in [-0.2, -0.15) is 0 Å². The fourth-order valence-electron chi connectivity index (χ4n) is 2.55. The van der Waals surface area contributed by atoms with Crippen LogP contribution in [-0.4, -0.2) is 44.7 Å². The van der Waals surface area contributed by atoms with Crippen molar-refractivity contribution < 1.29 is 4.74 Å². The summed E-state index contributed by atoms with van der Waals surface area (Å²) >= 11 is 0. The van der Waals surface area contributed by atoms with Crippen molar-refractivity contribution in [2.24, 2.45) is 5.73 Å². The number of methoxy groups -OCH3 is 1. The first kappa shape index (κ1) is 14.3. The fraction of sp³-hybridized carbons (Fsp3) is 0.600. The van der Waals surface area contributed by atoms with E-state index in [0.29, 0.717) is 18.1 Å². The quantitative estimate of drug-likeness (QED) is 0.814. The van der Waals surface area contributed by atoms with Gasteiger partial charge in [0.05, 0.1) is 7.11 Å². The van der Waals surface area contributed by atoms with Crippen LogP contribution in [0.15, 0.2) is 24.3 Å². The van der Waals surface area contributed by atoms with Crippen molar-refractivity contribution in [1.29, 1.82) is 0 Å². The average Bonchev–Trinajstić information content (AvgIpc) is 2.36. The molecule has 2 rings (SSSR count). The molecule has 4 nitrogen and oxygen atoms in total. The van der Waals surface area contributed by atoms with E-state index < -0.39 is 0 Å². The van der Waals surface area contributed by atoms with Crippen LogP contribution in [0, 0.1) is 0 Å². The van der Waals surface area contributed by atoms with Gasteiger partial charge in [0, 0.05) is 24.7 Å². The maximum Gasteiger partial charge on any atom is 0.119 e. The molecular formula is C15H25N3O. The summed E-state index contributed by atoms with van der Waals surface area (Å²) in [5.41, 5.74) is 7.10. The predicted octanol–water partition coefficient (Wildman–Crippen LogP) is 1.38. The number of rotatable bonds is 6. The van der Waals surface area contributed by atoms with Gasteiger partial charge in [-0.3, -0.25) is 0 Å². The first-order chi connectivity index (χ1) is 9.10. The van der Waals surface area contributed by atoms with E-state index in [0.717, 1.165) is 25.1 Å². The molecule has 19 heavy (non-hydrogen) atoms. The van der Waals surface area contributed by atoms with Crippen LogP contribution < -0.4 is 15.8 Å². The first-order valence-electron chi connectivity index (χ1n) is 6.89. The maximum absolute atomic E-state index is 5.82. The largest absolute Gasteiger partial charge is 0.497 e. The summed E-state index contributed by atoms with van der Waals surface area (Å²) in [5, 5.41) is 3.60. The van der Waals surface area contributed by atoms with Crippen molar-refractivity contribution in [2.75, 3.05) is 27.7 Å². The van der Waals surface area contributed by atoms with Crippen molar-refractivity contribution in [3.63, 3.8) is 0 Å². The van der Waals surface area contributed by atoms with Gasteiger partial charge in [-0.15, -0.1) is 0 Å². The van der Waals surface area contributed by atoms with Crippen LogP contribution in [0.2, 0.25) is 0 Å². The van der Waals surface area contributed by atoms with Gasteiger partial charge >= 0.3 is 0 Å². The molecule has 0 saturated heterocycles. The summed E-state index contributed by atoms with van der Waals surface area (Å²) in [6.07, 6.45) is 2.19. The lowest BCUT2D eigenvalue weighted by atomic mass is 9.87. The molecule has 0 amide bonds. The van der Waals surface area contributed by atoms with Crippen LogP contribution in [0.3, 0.4) is 0 Å². The number of likely N-dealkylation sites (N-methyl/N-ethyl adjacent to an activating group) is 1. The molecule has 1 fully saturated rings. The highest BCUT2D eigenvalue weighted by atomic mass is 16.5. The Balaban J connectivity index is 1.98. The van der Waals surface area contributed by atoms with E-state index in [1.807, 2.05) is 12.1 Å². The summed E-state index contributed by atoms with van der Waals surface area (Å²) in [4.78, 5) is 2.24. The molecule has 3 N–H and O–H groups in total. The Morgan fingerprint density at radius 3 is 2.74 bits per heavy atom. The third-order valence-electron chi connectivity index (χ3n) is 3.88. The molecule has 0 bridgehead atoms. The van der Waals surface area contributed by atoms with Crippen molar-refractivity contribution in [3.8, 4) is 5.75 Å². The van der Waals surface area contributed by atoms with Crippen LogP contribution in [0.1, 0.15) is 24.4 Å². The minimum absolute atomic E-state index is 0.354. The highest BCUT2D eigenvalue weighted by Crippen LogP contribution is 2.24. The van der Waals surface area contributed by atoms with Crippen LogP contribution in [-0.2, 0) is 0 Å². The molecule has 1 aliphatic carbocycles. The second-order valence-electron chi connectivity index (χ2n) is 5.59. The Bertz CT molecular complexity index is 402. The number of ether oxygens (including phenoxy) is 1. The normalized spacial score (nSPS) is 24.1. The second-order valence-corrected chi connectivity index (χ2v) is 5.59. The highest BCUT2D eigenvalue weighted by molar-refractivity contribution is 5.30. The van der Waals surface area contributed by atoms with E-state index in [4.69, 9.17) is 10.5 Å². The van der Waals surface area contributed by atoms with Gasteiger partial charge in [0.1, 0.15) is 5.75 Å². The Labute approximate surface area is 115 Å². The van der Waals surface area contributed by atoms with E-state index in [9.17, 15) is 0 Å². The number of benzene rings is 1. The third kappa shape index (κ3) is 3.69. The SMILES string of the molecule is COc1cccc(C(CNC2CC(N)C2)N(C)C)c1. The number of hydrogen-bond donors (Lipinski definition) is 2. The Hall–Kier alpha value is -1.10. The zero-order valence-electron chi connectivity index (χ0n) is 12.1. The zero-order valence-corrected chi connectivity index (χ0v) is 12.1. The number of nitrogens with one attached hydrogen (secondary N) is 1. The third-order valence-corrected chi connectivity index (χ3v) is 3.88. The van der Waals surface area contributed by atoms with E-state index in [2.05, 4.69) is 36.4 Å². The molecule has 1 aromatic rings. The van der Waals surface area contributed by atoms with E-state index in [1.54, 1.807) is 7.11 Å². The lowest BCUT2D eigenvalue weighted by molar-refractivity contribution is 0.238. The van der Waals surface area contributed by atoms with E-state index >= 15 is 0 Å². The molecule has 1 unspecified atom stereocenters. The van der Waals surface area contributed by atoms with Gasteiger partial charge in [-0.25, -0.2) is 0 Å². The van der Waals surface area contributed by atoms with Gasteiger partial charge < -0.3 is 20.7 Å². The smallest absolute Gasteiger partial charge is 0.119 e. The second kappa shape index (κ2) is 6.37. The Kier molecular flexibility index (Phi) is 4.80. The molecule has 1 aromatic carbocycles. The molecule has 1 saturated carbocycles. The molecule has 4 heteroatoms. The van der Waals surface area contributed by atoms with E-state index in [-0.39, 0.29) is 0 Å². The van der Waals surface area contributed by atoms with Gasteiger partial charge in [0.2, 0.25) is 0 Å². The summed E-state index contributed by atoms with van der Waals surface area (Å²) in [6.45, 7) is 0.942. The molecule has 106 valence electrons. The molecule has 0 aliphatic heterocycles. The standard InChI is InChI=1S/C15H25N3O/c1-18(2)15(10-17-13-8-12(16)9-13)11-5-4-6-14(7-11)19-3/h4-7,12-13,15,17H,8-10,16H2,1-3H3. The van der Waals surface area contributed by atoms with E-state index in [1.165, 1.54) is 5.56 Å². The van der Waals surface area contributed by atoms with Crippen LogP contribution in [0.4, 0.5) is 0 Å². The summed E-state index contributed by atoms with van der Waals surface area (Å²) in [5.74, 6) is 0.912. The van der Waals surface area contributed by atoms with Gasteiger partial charge in [0.25, 0.3) is 0 Å². The number of nitrogens with zero attached hydrogens (tertiary/aromatic N) is 1. The number of hydrogen-bond acceptors (Lipinski definition) is 4. The van der Waals surface area contributed by atoms with Crippen LogP contribution >= 0.6 is 0 Å². The van der Waals surface area contributed by atoms with Crippen molar-refractivity contribution >= 4 is 0 Å². The molecule has 0 radical (unpaired) electrons. The van der Waals surface area contributed by atoms with Crippen molar-refractivity contribution in [3.05, 3.63) is 29.8 Å². The zero-order chi connectivity index (χ0) is 13.8. The summed E-state index contributed by atoms with van der Waals surface area (Å²) in [6, 6.07) is 9.63. The van der Waals surface area contributed by atoms with Gasteiger partial charge in [0.15, 0.2) is 0 Å². The minimum atomic E-state index is 0.354. The Morgan fingerprint density at radius 2 is 2.16 bits per heavy atom. The Morgan fingerprint density at radius 1 is 1.42 bits per heavy atom. The molecule has 0 heterocycles. The van der Waals surface area contributed by atoms with Gasteiger partial charge in [-0.1, -0.05) is 12.1 Å². The van der Waals surface area contributed by atoms with Crippen molar-refractivity contribution in [1.82, 2.24) is 10.2 Å².